The minimum absolute atomic E-state index is 0.0575. The van der Waals surface area contributed by atoms with Crippen molar-refractivity contribution in [2.24, 2.45) is 0 Å². The number of nitrogens with one attached hydrogen (secondary N) is 1. The van der Waals surface area contributed by atoms with Crippen molar-refractivity contribution in [1.29, 1.82) is 0 Å². The summed E-state index contributed by atoms with van der Waals surface area (Å²) in [4.78, 5) is 13.4. The van der Waals surface area contributed by atoms with Crippen molar-refractivity contribution in [3.63, 3.8) is 0 Å². The van der Waals surface area contributed by atoms with Gasteiger partial charge in [0.2, 0.25) is 0 Å². The van der Waals surface area contributed by atoms with Gasteiger partial charge in [-0.05, 0) is 31.5 Å². The van der Waals surface area contributed by atoms with Crippen molar-refractivity contribution in [2.75, 3.05) is 19.6 Å². The molecule has 3 rings (SSSR count). The zero-order valence-electron chi connectivity index (χ0n) is 11.9. The number of likely N-dealkylation sites (tertiary alicyclic amines) is 1. The molecule has 120 valence electrons. The SMILES string of the molecule is O=C(c1ccc(F)c(F)c1F)N1CC(O)([C@@H]2CCCCN2)C1. The first-order chi connectivity index (χ1) is 10.4. The number of hydrogen-bond acceptors (Lipinski definition) is 3. The van der Waals surface area contributed by atoms with Crippen LogP contribution >= 0.6 is 0 Å². The summed E-state index contributed by atoms with van der Waals surface area (Å²) in [5.74, 6) is -5.22. The second-order valence-electron chi connectivity index (χ2n) is 5.99. The van der Waals surface area contributed by atoms with Crippen LogP contribution in [0.5, 0.6) is 0 Å². The molecule has 1 atom stereocenters. The zero-order chi connectivity index (χ0) is 15.9. The van der Waals surface area contributed by atoms with Crippen molar-refractivity contribution in [1.82, 2.24) is 10.2 Å². The molecule has 22 heavy (non-hydrogen) atoms. The topological polar surface area (TPSA) is 52.6 Å². The van der Waals surface area contributed by atoms with Gasteiger partial charge in [0, 0.05) is 6.04 Å². The highest BCUT2D eigenvalue weighted by atomic mass is 19.2. The third kappa shape index (κ3) is 2.48. The highest BCUT2D eigenvalue weighted by molar-refractivity contribution is 5.95. The maximum absolute atomic E-state index is 13.6. The van der Waals surface area contributed by atoms with E-state index < -0.39 is 34.5 Å². The predicted molar refractivity (Wildman–Crippen MR) is 72.8 cm³/mol. The van der Waals surface area contributed by atoms with Crippen LogP contribution in [0.3, 0.4) is 0 Å². The molecule has 1 aromatic carbocycles. The van der Waals surface area contributed by atoms with Gasteiger partial charge in [0.05, 0.1) is 18.7 Å². The third-order valence-electron chi connectivity index (χ3n) is 4.44. The largest absolute Gasteiger partial charge is 0.385 e. The van der Waals surface area contributed by atoms with E-state index in [0.29, 0.717) is 0 Å². The molecule has 0 unspecified atom stereocenters. The van der Waals surface area contributed by atoms with Crippen LogP contribution in [0.25, 0.3) is 0 Å². The zero-order valence-corrected chi connectivity index (χ0v) is 11.9. The van der Waals surface area contributed by atoms with Gasteiger partial charge in [-0.15, -0.1) is 0 Å². The highest BCUT2D eigenvalue weighted by Crippen LogP contribution is 2.30. The highest BCUT2D eigenvalue weighted by Gasteiger charge is 2.49. The third-order valence-corrected chi connectivity index (χ3v) is 4.44. The van der Waals surface area contributed by atoms with Crippen LogP contribution in [0, 0.1) is 17.5 Å². The molecule has 7 heteroatoms. The fourth-order valence-electron chi connectivity index (χ4n) is 3.15. The lowest BCUT2D eigenvalue weighted by atomic mass is 9.81. The van der Waals surface area contributed by atoms with Crippen LogP contribution in [0.1, 0.15) is 29.6 Å². The van der Waals surface area contributed by atoms with Crippen molar-refractivity contribution in [3.05, 3.63) is 35.1 Å². The average Bonchev–Trinajstić information content (AvgIpc) is 2.50. The number of carbonyl (C=O) groups excluding carboxylic acids is 1. The van der Waals surface area contributed by atoms with E-state index in [1.807, 2.05) is 0 Å². The van der Waals surface area contributed by atoms with E-state index in [9.17, 15) is 23.1 Å². The second-order valence-corrected chi connectivity index (χ2v) is 5.99. The Balaban J connectivity index is 1.70. The first-order valence-corrected chi connectivity index (χ1v) is 7.31. The monoisotopic (exact) mass is 314 g/mol. The van der Waals surface area contributed by atoms with E-state index in [0.717, 1.165) is 37.9 Å². The van der Waals surface area contributed by atoms with Gasteiger partial charge in [-0.2, -0.15) is 0 Å². The predicted octanol–water partition coefficient (Wildman–Crippen LogP) is 1.43. The van der Waals surface area contributed by atoms with Gasteiger partial charge in [0.1, 0.15) is 5.60 Å². The summed E-state index contributed by atoms with van der Waals surface area (Å²) < 4.78 is 39.7. The Labute approximate surface area is 125 Å². The number of nitrogens with zero attached hydrogens (tertiary/aromatic N) is 1. The minimum atomic E-state index is -1.66. The Kier molecular flexibility index (Phi) is 3.86. The Morgan fingerprint density at radius 2 is 1.95 bits per heavy atom. The molecule has 2 N–H and O–H groups in total. The molecule has 4 nitrogen and oxygen atoms in total. The number of amides is 1. The lowest BCUT2D eigenvalue weighted by Crippen LogP contribution is -2.72. The van der Waals surface area contributed by atoms with Crippen molar-refractivity contribution < 1.29 is 23.1 Å². The van der Waals surface area contributed by atoms with Crippen LogP contribution < -0.4 is 5.32 Å². The molecule has 0 radical (unpaired) electrons. The molecule has 1 aromatic rings. The maximum Gasteiger partial charge on any atom is 0.257 e. The average molecular weight is 314 g/mol. The van der Waals surface area contributed by atoms with Gasteiger partial charge in [0.25, 0.3) is 5.91 Å². The van der Waals surface area contributed by atoms with Crippen molar-refractivity contribution >= 4 is 5.91 Å². The summed E-state index contributed by atoms with van der Waals surface area (Å²) >= 11 is 0. The normalized spacial score (nSPS) is 24.0. The van der Waals surface area contributed by atoms with E-state index in [4.69, 9.17) is 0 Å². The van der Waals surface area contributed by atoms with Crippen LogP contribution in [0.4, 0.5) is 13.2 Å². The second kappa shape index (κ2) is 5.55. The summed E-state index contributed by atoms with van der Waals surface area (Å²) in [5, 5.41) is 13.7. The molecule has 0 aliphatic carbocycles. The van der Waals surface area contributed by atoms with Gasteiger partial charge in [-0.3, -0.25) is 4.79 Å². The number of aliphatic hydroxyl groups is 1. The number of hydrogen-bond donors (Lipinski definition) is 2. The van der Waals surface area contributed by atoms with Crippen LogP contribution in [0.15, 0.2) is 12.1 Å². The summed E-state index contributed by atoms with van der Waals surface area (Å²) in [6.07, 6.45) is 2.87. The maximum atomic E-state index is 13.6. The number of β-amino-alcohol motifs (C(OH)–C–C–N with tert-alkyl or cyclic N) is 1. The number of halogens is 3. The molecule has 2 fully saturated rings. The van der Waals surface area contributed by atoms with Crippen LogP contribution in [0.2, 0.25) is 0 Å². The molecule has 0 aromatic heterocycles. The molecular weight excluding hydrogens is 297 g/mol. The summed E-state index contributed by atoms with van der Waals surface area (Å²) in [7, 11) is 0. The van der Waals surface area contributed by atoms with E-state index in [2.05, 4.69) is 5.32 Å². The number of rotatable bonds is 2. The lowest BCUT2D eigenvalue weighted by molar-refractivity contribution is -0.108. The van der Waals surface area contributed by atoms with E-state index >= 15 is 0 Å². The molecule has 0 saturated carbocycles. The quantitative estimate of drug-likeness (QED) is 0.812. The van der Waals surface area contributed by atoms with Crippen LogP contribution in [-0.2, 0) is 0 Å². The first kappa shape index (κ1) is 15.3. The van der Waals surface area contributed by atoms with Gasteiger partial charge in [-0.1, -0.05) is 6.42 Å². The minimum Gasteiger partial charge on any atom is -0.385 e. The van der Waals surface area contributed by atoms with Crippen molar-refractivity contribution in [3.8, 4) is 0 Å². The Morgan fingerprint density at radius 1 is 1.23 bits per heavy atom. The van der Waals surface area contributed by atoms with Gasteiger partial charge in [-0.25, -0.2) is 13.2 Å². The molecule has 2 aliphatic heterocycles. The van der Waals surface area contributed by atoms with Gasteiger partial charge >= 0.3 is 0 Å². The van der Waals surface area contributed by atoms with Gasteiger partial charge < -0.3 is 15.3 Å². The Hall–Kier alpha value is -1.60. The summed E-state index contributed by atoms with van der Waals surface area (Å²) in [5.41, 5.74) is -1.55. The Bertz CT molecular complexity index is 597. The van der Waals surface area contributed by atoms with E-state index in [1.54, 1.807) is 0 Å². The Morgan fingerprint density at radius 3 is 2.59 bits per heavy atom. The molecule has 0 spiro atoms. The smallest absolute Gasteiger partial charge is 0.257 e. The molecule has 0 bridgehead atoms. The molecule has 2 aliphatic rings. The number of piperidine rings is 1. The number of carbonyl (C=O) groups is 1. The van der Waals surface area contributed by atoms with Gasteiger partial charge in [0.15, 0.2) is 17.5 Å². The first-order valence-electron chi connectivity index (χ1n) is 7.31. The standard InChI is InChI=1S/C15H17F3N2O2/c16-10-5-4-9(12(17)13(10)18)14(21)20-7-15(22,8-20)11-3-1-2-6-19-11/h4-5,11,19,22H,1-3,6-8H2/t11-/m0/s1. The molecule has 2 saturated heterocycles. The fourth-order valence-corrected chi connectivity index (χ4v) is 3.15. The molecule has 1 amide bonds. The van der Waals surface area contributed by atoms with E-state index in [1.165, 1.54) is 4.90 Å². The van der Waals surface area contributed by atoms with Crippen LogP contribution in [-0.4, -0.2) is 47.2 Å². The fraction of sp³-hybridized carbons (Fsp3) is 0.533. The van der Waals surface area contributed by atoms with Crippen molar-refractivity contribution in [2.45, 2.75) is 30.9 Å². The number of benzene rings is 1. The molecule has 2 heterocycles. The lowest BCUT2D eigenvalue weighted by Gasteiger charge is -2.51. The summed E-state index contributed by atoms with van der Waals surface area (Å²) in [6, 6.07) is 1.55. The van der Waals surface area contributed by atoms with E-state index in [-0.39, 0.29) is 19.1 Å². The summed E-state index contributed by atoms with van der Waals surface area (Å²) in [6.45, 7) is 0.933. The molecular formula is C15H17F3N2O2.